The van der Waals surface area contributed by atoms with Crippen LogP contribution in [0.4, 0.5) is 0 Å². The van der Waals surface area contributed by atoms with Gasteiger partial charge in [0, 0.05) is 3.92 Å². The highest BCUT2D eigenvalue weighted by atomic mass is 127. The van der Waals surface area contributed by atoms with Crippen LogP contribution in [0.5, 0.6) is 0 Å². The molecular formula is C11H15I. The van der Waals surface area contributed by atoms with E-state index >= 15 is 0 Å². The fraction of sp³-hybridized carbons (Fsp3) is 0.636. The summed E-state index contributed by atoms with van der Waals surface area (Å²) in [6.45, 7) is 4.70. The van der Waals surface area contributed by atoms with Crippen molar-refractivity contribution >= 4 is 22.6 Å². The average Bonchev–Trinajstić information content (AvgIpc) is 1.79. The summed E-state index contributed by atoms with van der Waals surface area (Å²) < 4.78 is 0.781. The van der Waals surface area contributed by atoms with Gasteiger partial charge in [-0.15, -0.1) is 0 Å². The van der Waals surface area contributed by atoms with Gasteiger partial charge in [-0.25, -0.2) is 0 Å². The minimum absolute atomic E-state index is 0.499. The van der Waals surface area contributed by atoms with E-state index in [1.807, 2.05) is 0 Å². The summed E-state index contributed by atoms with van der Waals surface area (Å²) in [5, 5.41) is 0. The molecule has 2 rings (SSSR count). The third-order valence-electron chi connectivity index (χ3n) is 3.30. The largest absolute Gasteiger partial charge is 0.0871 e. The van der Waals surface area contributed by atoms with E-state index in [0.717, 1.165) is 15.8 Å². The summed E-state index contributed by atoms with van der Waals surface area (Å²) in [4.78, 5) is 0. The van der Waals surface area contributed by atoms with E-state index in [2.05, 4.69) is 60.7 Å². The number of halogens is 1. The zero-order chi connectivity index (χ0) is 8.77. The Morgan fingerprint density at radius 1 is 1.50 bits per heavy atom. The Morgan fingerprint density at radius 2 is 2.17 bits per heavy atom. The first kappa shape index (κ1) is 8.79. The van der Waals surface area contributed by atoms with Gasteiger partial charge in [0.25, 0.3) is 0 Å². The quantitative estimate of drug-likeness (QED) is 0.410. The van der Waals surface area contributed by atoms with E-state index in [0.29, 0.717) is 5.41 Å². The first-order valence-electron chi connectivity index (χ1n) is 4.63. The maximum Gasteiger partial charge on any atom is 0.0150 e. The minimum Gasteiger partial charge on any atom is -0.0871 e. The first-order valence-corrected chi connectivity index (χ1v) is 5.88. The van der Waals surface area contributed by atoms with Gasteiger partial charge in [0.1, 0.15) is 0 Å². The molecule has 0 saturated heterocycles. The molecule has 0 saturated carbocycles. The summed E-state index contributed by atoms with van der Waals surface area (Å²) in [7, 11) is 0. The number of rotatable bonds is 2. The summed E-state index contributed by atoms with van der Waals surface area (Å²) >= 11 is 2.54. The van der Waals surface area contributed by atoms with Crippen LogP contribution in [0.1, 0.15) is 20.3 Å². The maximum atomic E-state index is 2.54. The molecule has 0 fully saturated rings. The lowest BCUT2D eigenvalue weighted by atomic mass is 9.59. The third-order valence-corrected chi connectivity index (χ3v) is 4.13. The lowest BCUT2D eigenvalue weighted by Gasteiger charge is -2.46. The Bertz CT molecular complexity index is 239. The molecule has 1 heteroatoms. The van der Waals surface area contributed by atoms with Gasteiger partial charge in [-0.1, -0.05) is 60.7 Å². The molecule has 0 amide bonds. The van der Waals surface area contributed by atoms with Crippen molar-refractivity contribution < 1.29 is 0 Å². The molecule has 2 aliphatic rings. The van der Waals surface area contributed by atoms with Gasteiger partial charge < -0.3 is 0 Å². The molecular weight excluding hydrogens is 259 g/mol. The number of hydrogen-bond acceptors (Lipinski definition) is 0. The van der Waals surface area contributed by atoms with E-state index in [1.165, 1.54) is 6.42 Å². The zero-order valence-electron chi connectivity index (χ0n) is 7.63. The molecule has 4 atom stereocenters. The van der Waals surface area contributed by atoms with Crippen molar-refractivity contribution in [1.82, 2.24) is 0 Å². The zero-order valence-corrected chi connectivity index (χ0v) is 9.78. The van der Waals surface area contributed by atoms with Gasteiger partial charge in [0.05, 0.1) is 0 Å². The lowest BCUT2D eigenvalue weighted by molar-refractivity contribution is 0.205. The third kappa shape index (κ3) is 1.17. The molecule has 0 heterocycles. The highest BCUT2D eigenvalue weighted by Crippen LogP contribution is 2.50. The van der Waals surface area contributed by atoms with Gasteiger partial charge >= 0.3 is 0 Å². The topological polar surface area (TPSA) is 0 Å². The molecule has 4 unspecified atom stereocenters. The Balaban J connectivity index is 2.08. The normalized spacial score (nSPS) is 46.6. The number of hydrogen-bond donors (Lipinski definition) is 0. The monoisotopic (exact) mass is 274 g/mol. The van der Waals surface area contributed by atoms with E-state index in [4.69, 9.17) is 0 Å². The molecule has 0 N–H and O–H groups in total. The lowest BCUT2D eigenvalue weighted by Crippen LogP contribution is -2.39. The van der Waals surface area contributed by atoms with E-state index in [9.17, 15) is 0 Å². The molecule has 0 spiro atoms. The van der Waals surface area contributed by atoms with Crippen LogP contribution >= 0.6 is 22.6 Å². The van der Waals surface area contributed by atoms with E-state index < -0.39 is 0 Å². The Morgan fingerprint density at radius 3 is 2.42 bits per heavy atom. The smallest absolute Gasteiger partial charge is 0.0150 e. The summed E-state index contributed by atoms with van der Waals surface area (Å²) in [6.07, 6.45) is 10.7. The second kappa shape index (κ2) is 2.86. The van der Waals surface area contributed by atoms with Gasteiger partial charge in [0.2, 0.25) is 0 Å². The van der Waals surface area contributed by atoms with Crippen molar-refractivity contribution in [2.45, 2.75) is 24.2 Å². The Labute approximate surface area is 88.3 Å². The molecule has 2 aliphatic carbocycles. The van der Waals surface area contributed by atoms with Gasteiger partial charge in [0.15, 0.2) is 0 Å². The predicted octanol–water partition coefficient (Wildman–Crippen LogP) is 3.58. The van der Waals surface area contributed by atoms with Crippen molar-refractivity contribution in [2.24, 2.45) is 17.3 Å². The van der Waals surface area contributed by atoms with Crippen LogP contribution in [-0.4, -0.2) is 3.92 Å². The molecule has 66 valence electrons. The number of allylic oxidation sites excluding steroid dienone is 4. The van der Waals surface area contributed by atoms with E-state index in [-0.39, 0.29) is 0 Å². The van der Waals surface area contributed by atoms with Crippen LogP contribution in [-0.2, 0) is 0 Å². The summed E-state index contributed by atoms with van der Waals surface area (Å²) in [5.74, 6) is 1.63. The summed E-state index contributed by atoms with van der Waals surface area (Å²) in [6, 6.07) is 0. The highest BCUT2D eigenvalue weighted by Gasteiger charge is 2.42. The summed E-state index contributed by atoms with van der Waals surface area (Å²) in [5.41, 5.74) is 0.499. The van der Waals surface area contributed by atoms with Crippen LogP contribution in [0, 0.1) is 17.3 Å². The van der Waals surface area contributed by atoms with Crippen molar-refractivity contribution in [3.63, 3.8) is 0 Å². The molecule has 0 aromatic carbocycles. The molecule has 0 radical (unpaired) electrons. The van der Waals surface area contributed by atoms with Gasteiger partial charge in [-0.2, -0.15) is 0 Å². The molecule has 0 aliphatic heterocycles. The molecule has 0 nitrogen and oxygen atoms in total. The van der Waals surface area contributed by atoms with Crippen LogP contribution < -0.4 is 0 Å². The van der Waals surface area contributed by atoms with E-state index in [1.54, 1.807) is 0 Å². The van der Waals surface area contributed by atoms with Crippen molar-refractivity contribution in [1.29, 1.82) is 0 Å². The van der Waals surface area contributed by atoms with Crippen LogP contribution in [0.3, 0.4) is 0 Å². The molecule has 12 heavy (non-hydrogen) atoms. The van der Waals surface area contributed by atoms with Crippen molar-refractivity contribution in [2.75, 3.05) is 0 Å². The molecule has 0 aromatic heterocycles. The number of alkyl halides is 1. The second-order valence-electron chi connectivity index (χ2n) is 4.28. The molecule has 0 aromatic rings. The SMILES string of the molecule is CC(I)C1C=CC1C1(C)C=CC1. The van der Waals surface area contributed by atoms with Gasteiger partial charge in [-0.05, 0) is 23.7 Å². The van der Waals surface area contributed by atoms with Crippen molar-refractivity contribution in [3.8, 4) is 0 Å². The van der Waals surface area contributed by atoms with Crippen molar-refractivity contribution in [3.05, 3.63) is 24.3 Å². The minimum atomic E-state index is 0.499. The van der Waals surface area contributed by atoms with Gasteiger partial charge in [-0.3, -0.25) is 0 Å². The fourth-order valence-corrected chi connectivity index (χ4v) is 2.87. The Hall–Kier alpha value is 0.210. The first-order chi connectivity index (χ1) is 5.63. The highest BCUT2D eigenvalue weighted by molar-refractivity contribution is 14.1. The van der Waals surface area contributed by atoms with Crippen LogP contribution in [0.2, 0.25) is 0 Å². The van der Waals surface area contributed by atoms with Crippen LogP contribution in [0.25, 0.3) is 0 Å². The predicted molar refractivity (Wildman–Crippen MR) is 61.5 cm³/mol. The maximum absolute atomic E-state index is 2.54. The van der Waals surface area contributed by atoms with Crippen LogP contribution in [0.15, 0.2) is 24.3 Å². The Kier molecular flexibility index (Phi) is 2.10. The average molecular weight is 274 g/mol. The molecule has 0 bridgehead atoms. The fourth-order valence-electron chi connectivity index (χ4n) is 2.19. The standard InChI is InChI=1S/C11H15I/c1-8(12)9-4-5-10(9)11(2)6-3-7-11/h3-6,8-10H,7H2,1-2H3. The second-order valence-corrected chi connectivity index (χ2v) is 6.24.